The van der Waals surface area contributed by atoms with E-state index in [4.69, 9.17) is 9.47 Å². The summed E-state index contributed by atoms with van der Waals surface area (Å²) < 4.78 is 23.1. The normalized spacial score (nSPS) is 21.6. The summed E-state index contributed by atoms with van der Waals surface area (Å²) in [6, 6.07) is 12.2. The van der Waals surface area contributed by atoms with Gasteiger partial charge in [-0.15, -0.1) is 0 Å². The second-order valence-corrected chi connectivity index (χ2v) is 7.79. The van der Waals surface area contributed by atoms with Gasteiger partial charge < -0.3 is 9.47 Å². The molecule has 4 rings (SSSR count). The first-order chi connectivity index (χ1) is 11.8. The minimum Gasteiger partial charge on any atom is -0.484 e. The van der Waals surface area contributed by atoms with E-state index in [-0.39, 0.29) is 6.10 Å². The molecule has 0 N–H and O–H groups in total. The summed E-state index contributed by atoms with van der Waals surface area (Å²) in [6.07, 6.45) is 1.58. The van der Waals surface area contributed by atoms with Gasteiger partial charge in [-0.3, -0.25) is 9.11 Å². The average Bonchev–Trinajstić information content (AvgIpc) is 2.64. The van der Waals surface area contributed by atoms with E-state index in [0.717, 1.165) is 36.7 Å². The lowest BCUT2D eigenvalue weighted by Crippen LogP contribution is -2.37. The first-order valence-corrected chi connectivity index (χ1v) is 9.67. The second-order valence-electron chi connectivity index (χ2n) is 6.09. The molecule has 0 aliphatic carbocycles. The number of fused-ring (bicyclic) bond motifs is 1. The van der Waals surface area contributed by atoms with E-state index in [9.17, 15) is 4.21 Å². The highest BCUT2D eigenvalue weighted by atomic mass is 32.2. The van der Waals surface area contributed by atoms with Gasteiger partial charge >= 0.3 is 0 Å². The Hall–Kier alpha value is -1.92. The van der Waals surface area contributed by atoms with Crippen molar-refractivity contribution in [2.45, 2.75) is 12.6 Å². The standard InChI is InChI=1S/C18H20N2O3S/c21-24-10-8-20(9-11-24)12-14-3-5-15(6-4-14)17-13-22-16-2-1-7-19-18(16)23-17/h1-7,17H,8-13H2. The number of aromatic nitrogens is 1. The highest BCUT2D eigenvalue weighted by Crippen LogP contribution is 2.33. The molecule has 1 saturated heterocycles. The number of nitrogens with zero attached hydrogens (tertiary/aromatic N) is 2. The molecule has 2 aliphatic heterocycles. The fraction of sp³-hybridized carbons (Fsp3) is 0.389. The minimum atomic E-state index is -0.622. The topological polar surface area (TPSA) is 51.7 Å². The summed E-state index contributed by atoms with van der Waals surface area (Å²) >= 11 is 0. The van der Waals surface area contributed by atoms with E-state index in [0.29, 0.717) is 18.2 Å². The summed E-state index contributed by atoms with van der Waals surface area (Å²) in [5, 5.41) is 0. The van der Waals surface area contributed by atoms with E-state index < -0.39 is 10.8 Å². The van der Waals surface area contributed by atoms with Crippen molar-refractivity contribution in [3.63, 3.8) is 0 Å². The molecule has 0 spiro atoms. The highest BCUT2D eigenvalue weighted by molar-refractivity contribution is 7.85. The molecule has 0 bridgehead atoms. The zero-order valence-corrected chi connectivity index (χ0v) is 14.2. The number of ether oxygens (including phenoxy) is 2. The Labute approximate surface area is 144 Å². The number of rotatable bonds is 3. The van der Waals surface area contributed by atoms with Gasteiger partial charge in [-0.1, -0.05) is 24.3 Å². The molecule has 1 aromatic heterocycles. The monoisotopic (exact) mass is 344 g/mol. The van der Waals surface area contributed by atoms with Gasteiger partial charge in [0.15, 0.2) is 11.9 Å². The predicted molar refractivity (Wildman–Crippen MR) is 92.7 cm³/mol. The summed E-state index contributed by atoms with van der Waals surface area (Å²) in [5.41, 5.74) is 2.36. The summed E-state index contributed by atoms with van der Waals surface area (Å²) in [7, 11) is -0.622. The maximum Gasteiger partial charge on any atom is 0.257 e. The van der Waals surface area contributed by atoms with Gasteiger partial charge in [-0.05, 0) is 23.3 Å². The molecule has 0 amide bonds. The molecular weight excluding hydrogens is 324 g/mol. The molecule has 1 unspecified atom stereocenters. The quantitative estimate of drug-likeness (QED) is 0.854. The van der Waals surface area contributed by atoms with Crippen LogP contribution in [0.2, 0.25) is 0 Å². The molecule has 0 radical (unpaired) electrons. The van der Waals surface area contributed by atoms with Gasteiger partial charge in [0, 0.05) is 48.1 Å². The average molecular weight is 344 g/mol. The van der Waals surface area contributed by atoms with Crippen LogP contribution in [0, 0.1) is 0 Å². The van der Waals surface area contributed by atoms with E-state index >= 15 is 0 Å². The third-order valence-corrected chi connectivity index (χ3v) is 5.68. The van der Waals surface area contributed by atoms with Crippen molar-refractivity contribution in [1.29, 1.82) is 0 Å². The van der Waals surface area contributed by atoms with Crippen LogP contribution in [-0.2, 0) is 17.3 Å². The Kier molecular flexibility index (Phi) is 4.49. The zero-order valence-electron chi connectivity index (χ0n) is 13.4. The predicted octanol–water partition coefficient (Wildman–Crippen LogP) is 2.16. The van der Waals surface area contributed by atoms with Crippen molar-refractivity contribution in [3.8, 4) is 11.6 Å². The SMILES string of the molecule is O=S1CCN(Cc2ccc(C3COc4cccnc4O3)cc2)CC1. The molecule has 2 aromatic rings. The van der Waals surface area contributed by atoms with Gasteiger partial charge in [-0.2, -0.15) is 0 Å². The Morgan fingerprint density at radius 1 is 1.17 bits per heavy atom. The van der Waals surface area contributed by atoms with Crippen molar-refractivity contribution < 1.29 is 13.7 Å². The molecule has 6 heteroatoms. The first-order valence-electron chi connectivity index (χ1n) is 8.18. The fourth-order valence-corrected chi connectivity index (χ4v) is 4.13. The largest absolute Gasteiger partial charge is 0.484 e. The summed E-state index contributed by atoms with van der Waals surface area (Å²) in [4.78, 5) is 6.58. The van der Waals surface area contributed by atoms with Crippen molar-refractivity contribution in [2.24, 2.45) is 0 Å². The number of hydrogen-bond acceptors (Lipinski definition) is 5. The zero-order chi connectivity index (χ0) is 16.4. The third kappa shape index (κ3) is 3.44. The van der Waals surface area contributed by atoms with Crippen molar-refractivity contribution in [3.05, 3.63) is 53.7 Å². The van der Waals surface area contributed by atoms with Crippen molar-refractivity contribution in [2.75, 3.05) is 31.2 Å². The van der Waals surface area contributed by atoms with Crippen LogP contribution in [0.3, 0.4) is 0 Å². The van der Waals surface area contributed by atoms with Gasteiger partial charge in [0.1, 0.15) is 6.61 Å². The second kappa shape index (κ2) is 6.91. The summed E-state index contributed by atoms with van der Waals surface area (Å²) in [5.74, 6) is 2.84. The lowest BCUT2D eigenvalue weighted by molar-refractivity contribution is 0.0851. The van der Waals surface area contributed by atoms with Crippen LogP contribution >= 0.6 is 0 Å². The molecule has 1 fully saturated rings. The highest BCUT2D eigenvalue weighted by Gasteiger charge is 2.23. The third-order valence-electron chi connectivity index (χ3n) is 4.41. The first kappa shape index (κ1) is 15.6. The molecule has 1 atom stereocenters. The van der Waals surface area contributed by atoms with Crippen LogP contribution in [0.4, 0.5) is 0 Å². The molecule has 126 valence electrons. The van der Waals surface area contributed by atoms with Crippen LogP contribution in [0.1, 0.15) is 17.2 Å². The van der Waals surface area contributed by atoms with Crippen LogP contribution in [0.25, 0.3) is 0 Å². The minimum absolute atomic E-state index is 0.126. The van der Waals surface area contributed by atoms with Crippen molar-refractivity contribution in [1.82, 2.24) is 9.88 Å². The number of benzene rings is 1. The Morgan fingerprint density at radius 3 is 2.75 bits per heavy atom. The van der Waals surface area contributed by atoms with Crippen LogP contribution < -0.4 is 9.47 Å². The molecule has 0 saturated carbocycles. The molecule has 1 aromatic carbocycles. The number of hydrogen-bond donors (Lipinski definition) is 0. The van der Waals surface area contributed by atoms with E-state index in [1.165, 1.54) is 5.56 Å². The smallest absolute Gasteiger partial charge is 0.257 e. The fourth-order valence-electron chi connectivity index (χ4n) is 3.00. The maximum atomic E-state index is 11.4. The van der Waals surface area contributed by atoms with Gasteiger partial charge in [-0.25, -0.2) is 4.98 Å². The molecule has 5 nitrogen and oxygen atoms in total. The van der Waals surface area contributed by atoms with E-state index in [1.807, 2.05) is 12.1 Å². The van der Waals surface area contributed by atoms with Crippen LogP contribution in [0.5, 0.6) is 11.6 Å². The van der Waals surface area contributed by atoms with Crippen LogP contribution in [0.15, 0.2) is 42.6 Å². The summed E-state index contributed by atoms with van der Waals surface area (Å²) in [6.45, 7) is 3.23. The Balaban J connectivity index is 1.40. The van der Waals surface area contributed by atoms with Gasteiger partial charge in [0.2, 0.25) is 0 Å². The Morgan fingerprint density at radius 2 is 1.96 bits per heavy atom. The molecule has 24 heavy (non-hydrogen) atoms. The lowest BCUT2D eigenvalue weighted by atomic mass is 10.1. The van der Waals surface area contributed by atoms with E-state index in [1.54, 1.807) is 6.20 Å². The molecular formula is C18H20N2O3S. The molecule has 3 heterocycles. The van der Waals surface area contributed by atoms with Crippen molar-refractivity contribution >= 4 is 10.8 Å². The Bertz CT molecular complexity index is 725. The lowest BCUT2D eigenvalue weighted by Gasteiger charge is -2.27. The van der Waals surface area contributed by atoms with Gasteiger partial charge in [0.25, 0.3) is 5.88 Å². The number of pyridine rings is 1. The molecule has 2 aliphatic rings. The van der Waals surface area contributed by atoms with E-state index in [2.05, 4.69) is 34.1 Å². The van der Waals surface area contributed by atoms with Crippen LogP contribution in [-0.4, -0.2) is 45.3 Å². The maximum absolute atomic E-state index is 11.4. The van der Waals surface area contributed by atoms with Gasteiger partial charge in [0.05, 0.1) is 0 Å².